The molecule has 1 aliphatic rings. The van der Waals surface area contributed by atoms with E-state index in [4.69, 9.17) is 4.74 Å². The number of allylic oxidation sites excluding steroid dienone is 1. The molecule has 4 heteroatoms. The number of benzene rings is 1. The minimum Gasteiger partial charge on any atom is -0.446 e. The fourth-order valence-corrected chi connectivity index (χ4v) is 2.09. The molecule has 0 saturated heterocycles. The lowest BCUT2D eigenvalue weighted by molar-refractivity contribution is -0.142. The molecule has 0 fully saturated rings. The normalized spacial score (nSPS) is 17.5. The van der Waals surface area contributed by atoms with Crippen molar-refractivity contribution in [1.29, 1.82) is 0 Å². The number of carbonyl (C=O) groups is 3. The minimum atomic E-state index is -1.32. The van der Waals surface area contributed by atoms with Crippen LogP contribution in [-0.2, 0) is 16.0 Å². The average Bonchev–Trinajstić information content (AvgIpc) is 2.56. The van der Waals surface area contributed by atoms with Crippen LogP contribution in [0.3, 0.4) is 0 Å². The summed E-state index contributed by atoms with van der Waals surface area (Å²) in [6.45, 7) is 4.79. The first kappa shape index (κ1) is 12.2. The van der Waals surface area contributed by atoms with Gasteiger partial charge in [-0.3, -0.25) is 14.4 Å². The SMILES string of the molecule is C=CCc1cccc2c1C(=O)C(OC(C)=O)C2=O. The Bertz CT molecular complexity index is 557. The van der Waals surface area contributed by atoms with Gasteiger partial charge in [-0.1, -0.05) is 24.3 Å². The van der Waals surface area contributed by atoms with Crippen LogP contribution in [0.5, 0.6) is 0 Å². The lowest BCUT2D eigenvalue weighted by Crippen LogP contribution is -2.27. The van der Waals surface area contributed by atoms with Crippen LogP contribution in [0, 0.1) is 0 Å². The highest BCUT2D eigenvalue weighted by Crippen LogP contribution is 2.28. The van der Waals surface area contributed by atoms with Crippen molar-refractivity contribution in [1.82, 2.24) is 0 Å². The fourth-order valence-electron chi connectivity index (χ4n) is 2.09. The fraction of sp³-hybridized carbons (Fsp3) is 0.214. The van der Waals surface area contributed by atoms with E-state index >= 15 is 0 Å². The Morgan fingerprint density at radius 3 is 2.72 bits per heavy atom. The molecule has 0 spiro atoms. The molecule has 92 valence electrons. The van der Waals surface area contributed by atoms with Crippen LogP contribution in [0.25, 0.3) is 0 Å². The minimum absolute atomic E-state index is 0.325. The third-order valence-corrected chi connectivity index (χ3v) is 2.79. The Balaban J connectivity index is 2.48. The van der Waals surface area contributed by atoms with Crippen LogP contribution in [0.2, 0.25) is 0 Å². The molecule has 0 bridgehead atoms. The molecule has 1 aromatic rings. The molecule has 0 heterocycles. The number of ketones is 2. The van der Waals surface area contributed by atoms with Gasteiger partial charge in [-0.15, -0.1) is 6.58 Å². The molecule has 1 aliphatic carbocycles. The lowest BCUT2D eigenvalue weighted by atomic mass is 10.0. The molecule has 0 radical (unpaired) electrons. The van der Waals surface area contributed by atoms with Crippen molar-refractivity contribution in [2.45, 2.75) is 19.4 Å². The number of Topliss-reactive ketones (excluding diaryl/α,β-unsaturated/α-hetero) is 2. The summed E-state index contributed by atoms with van der Waals surface area (Å²) >= 11 is 0. The number of ether oxygens (including phenoxy) is 1. The quantitative estimate of drug-likeness (QED) is 0.461. The second-order valence-electron chi connectivity index (χ2n) is 4.05. The van der Waals surface area contributed by atoms with Crippen LogP contribution in [0.1, 0.15) is 33.2 Å². The smallest absolute Gasteiger partial charge is 0.303 e. The van der Waals surface area contributed by atoms with E-state index in [0.717, 1.165) is 5.56 Å². The first-order valence-corrected chi connectivity index (χ1v) is 5.54. The predicted molar refractivity (Wildman–Crippen MR) is 64.6 cm³/mol. The largest absolute Gasteiger partial charge is 0.446 e. The molecular formula is C14H12O4. The van der Waals surface area contributed by atoms with Gasteiger partial charge in [0.1, 0.15) is 0 Å². The van der Waals surface area contributed by atoms with E-state index in [-0.39, 0.29) is 0 Å². The molecule has 1 aromatic carbocycles. The highest BCUT2D eigenvalue weighted by Gasteiger charge is 2.42. The maximum atomic E-state index is 12.1. The van der Waals surface area contributed by atoms with Crippen LogP contribution < -0.4 is 0 Å². The van der Waals surface area contributed by atoms with Crippen molar-refractivity contribution in [3.8, 4) is 0 Å². The summed E-state index contributed by atoms with van der Waals surface area (Å²) in [7, 11) is 0. The van der Waals surface area contributed by atoms with Crippen LogP contribution in [0.15, 0.2) is 30.9 Å². The van der Waals surface area contributed by atoms with E-state index in [1.807, 2.05) is 0 Å². The zero-order valence-electron chi connectivity index (χ0n) is 9.93. The second kappa shape index (κ2) is 4.56. The summed E-state index contributed by atoms with van der Waals surface area (Å²) in [5.41, 5.74) is 1.41. The average molecular weight is 244 g/mol. The van der Waals surface area contributed by atoms with Gasteiger partial charge in [-0.25, -0.2) is 0 Å². The lowest BCUT2D eigenvalue weighted by Gasteiger charge is -2.06. The third kappa shape index (κ3) is 1.86. The summed E-state index contributed by atoms with van der Waals surface area (Å²) < 4.78 is 4.79. The number of esters is 1. The summed E-state index contributed by atoms with van der Waals surface area (Å²) in [6, 6.07) is 5.05. The van der Waals surface area contributed by atoms with Crippen molar-refractivity contribution >= 4 is 17.5 Å². The number of hydrogen-bond donors (Lipinski definition) is 0. The molecule has 2 rings (SSSR count). The van der Waals surface area contributed by atoms with Crippen LogP contribution in [-0.4, -0.2) is 23.6 Å². The Hall–Kier alpha value is -2.23. The summed E-state index contributed by atoms with van der Waals surface area (Å²) in [4.78, 5) is 35.0. The molecule has 0 aliphatic heterocycles. The Morgan fingerprint density at radius 2 is 2.11 bits per heavy atom. The van der Waals surface area contributed by atoms with E-state index in [1.165, 1.54) is 6.92 Å². The predicted octanol–water partition coefficient (Wildman–Crippen LogP) is 1.73. The Morgan fingerprint density at radius 1 is 1.39 bits per heavy atom. The van der Waals surface area contributed by atoms with Crippen molar-refractivity contribution in [3.63, 3.8) is 0 Å². The van der Waals surface area contributed by atoms with Crippen LogP contribution in [0.4, 0.5) is 0 Å². The number of carbonyl (C=O) groups excluding carboxylic acids is 3. The van der Waals surface area contributed by atoms with Gasteiger partial charge < -0.3 is 4.74 Å². The first-order valence-electron chi connectivity index (χ1n) is 5.54. The monoisotopic (exact) mass is 244 g/mol. The van der Waals surface area contributed by atoms with Crippen molar-refractivity contribution < 1.29 is 19.1 Å². The Labute approximate surface area is 104 Å². The molecular weight excluding hydrogens is 232 g/mol. The van der Waals surface area contributed by atoms with Gasteiger partial charge in [0.2, 0.25) is 17.7 Å². The van der Waals surface area contributed by atoms with Gasteiger partial charge in [0.05, 0.1) is 0 Å². The summed E-state index contributed by atoms with van der Waals surface area (Å²) in [5, 5.41) is 0. The second-order valence-corrected chi connectivity index (χ2v) is 4.05. The van der Waals surface area contributed by atoms with Crippen molar-refractivity contribution in [3.05, 3.63) is 47.5 Å². The molecule has 0 saturated carbocycles. The number of rotatable bonds is 3. The van der Waals surface area contributed by atoms with E-state index in [1.54, 1.807) is 24.3 Å². The molecule has 1 unspecified atom stereocenters. The standard InChI is InChI=1S/C14H12O4/c1-3-5-9-6-4-7-10-11(9)13(17)14(12(10)16)18-8(2)15/h3-4,6-7,14H,1,5H2,2H3. The van der Waals surface area contributed by atoms with Gasteiger partial charge in [-0.2, -0.15) is 0 Å². The topological polar surface area (TPSA) is 60.4 Å². The first-order chi connectivity index (χ1) is 8.56. The highest BCUT2D eigenvalue weighted by molar-refractivity contribution is 6.29. The maximum absolute atomic E-state index is 12.1. The van der Waals surface area contributed by atoms with Gasteiger partial charge in [0.25, 0.3) is 0 Å². The van der Waals surface area contributed by atoms with Crippen molar-refractivity contribution in [2.75, 3.05) is 0 Å². The van der Waals surface area contributed by atoms with E-state index in [0.29, 0.717) is 17.5 Å². The van der Waals surface area contributed by atoms with Gasteiger partial charge in [0.15, 0.2) is 0 Å². The maximum Gasteiger partial charge on any atom is 0.303 e. The third-order valence-electron chi connectivity index (χ3n) is 2.79. The molecule has 0 amide bonds. The van der Waals surface area contributed by atoms with Crippen molar-refractivity contribution in [2.24, 2.45) is 0 Å². The molecule has 1 atom stereocenters. The highest BCUT2D eigenvalue weighted by atomic mass is 16.5. The van der Waals surface area contributed by atoms with Crippen LogP contribution >= 0.6 is 0 Å². The summed E-state index contributed by atoms with van der Waals surface area (Å²) in [5.74, 6) is -1.53. The molecule has 0 aromatic heterocycles. The zero-order chi connectivity index (χ0) is 13.3. The van der Waals surface area contributed by atoms with Gasteiger partial charge in [0, 0.05) is 18.1 Å². The van der Waals surface area contributed by atoms with E-state index in [9.17, 15) is 14.4 Å². The number of fused-ring (bicyclic) bond motifs is 1. The molecule has 0 N–H and O–H groups in total. The van der Waals surface area contributed by atoms with E-state index < -0.39 is 23.6 Å². The number of hydrogen-bond acceptors (Lipinski definition) is 4. The van der Waals surface area contributed by atoms with Gasteiger partial charge in [-0.05, 0) is 12.0 Å². The Kier molecular flexibility index (Phi) is 3.10. The molecule has 18 heavy (non-hydrogen) atoms. The zero-order valence-corrected chi connectivity index (χ0v) is 9.93. The van der Waals surface area contributed by atoms with E-state index in [2.05, 4.69) is 6.58 Å². The van der Waals surface area contributed by atoms with Gasteiger partial charge >= 0.3 is 5.97 Å². The summed E-state index contributed by atoms with van der Waals surface area (Å²) in [6.07, 6.45) is 0.838. The molecule has 4 nitrogen and oxygen atoms in total.